The van der Waals surface area contributed by atoms with Gasteiger partial charge in [-0.25, -0.2) is 0 Å². The van der Waals surface area contributed by atoms with Crippen molar-refractivity contribution in [2.75, 3.05) is 32.1 Å². The minimum atomic E-state index is -0.667. The van der Waals surface area contributed by atoms with Gasteiger partial charge >= 0.3 is 0 Å². The predicted octanol–water partition coefficient (Wildman–Crippen LogP) is 3.18. The summed E-state index contributed by atoms with van der Waals surface area (Å²) in [5.41, 5.74) is 10.2. The number of benzene rings is 2. The molecule has 0 aliphatic carbocycles. The first-order valence-electron chi connectivity index (χ1n) is 11.0. The summed E-state index contributed by atoms with van der Waals surface area (Å²) in [6.07, 6.45) is 3.77. The highest BCUT2D eigenvalue weighted by Gasteiger charge is 2.43. The van der Waals surface area contributed by atoms with Gasteiger partial charge in [0.25, 0.3) is 5.91 Å². The first-order valence-corrected chi connectivity index (χ1v) is 11.0. The lowest BCUT2D eigenvalue weighted by Gasteiger charge is -2.46. The molecule has 3 aliphatic rings. The topological polar surface area (TPSA) is 85.1 Å². The van der Waals surface area contributed by atoms with E-state index >= 15 is 0 Å². The predicted molar refractivity (Wildman–Crippen MR) is 121 cm³/mol. The average Bonchev–Trinajstić information content (AvgIpc) is 3.38. The standard InChI is InChI=1S/C25H26N4O3/c1-31-19-8-9-21-20(15-19)27-24(22-3-2-12-29(21)22)10-13-28(14-11-24)23(30)17-4-6-18(7-5-17)25(26)16-32-25/h2-9,12,15,27H,10-11,13-14,16,26H2,1H3. The molecule has 7 nitrogen and oxygen atoms in total. The largest absolute Gasteiger partial charge is 0.497 e. The van der Waals surface area contributed by atoms with E-state index in [0.717, 1.165) is 35.5 Å². The van der Waals surface area contributed by atoms with Gasteiger partial charge in [-0.2, -0.15) is 0 Å². The Hall–Kier alpha value is -3.29. The number of anilines is 1. The van der Waals surface area contributed by atoms with Crippen LogP contribution < -0.4 is 15.8 Å². The van der Waals surface area contributed by atoms with E-state index in [1.54, 1.807) is 7.11 Å². The van der Waals surface area contributed by atoms with Gasteiger partial charge in [-0.15, -0.1) is 0 Å². The molecule has 32 heavy (non-hydrogen) atoms. The van der Waals surface area contributed by atoms with Crippen LogP contribution in [0, 0.1) is 0 Å². The summed E-state index contributed by atoms with van der Waals surface area (Å²) in [4.78, 5) is 15.1. The fraction of sp³-hybridized carbons (Fsp3) is 0.320. The fourth-order valence-electron chi connectivity index (χ4n) is 5.05. The number of piperidine rings is 1. The minimum Gasteiger partial charge on any atom is -0.497 e. The number of amides is 1. The highest BCUT2D eigenvalue weighted by atomic mass is 16.6. The van der Waals surface area contributed by atoms with Gasteiger partial charge in [0.15, 0.2) is 5.72 Å². The molecule has 6 rings (SSSR count). The van der Waals surface area contributed by atoms with Gasteiger partial charge in [-0.3, -0.25) is 10.5 Å². The van der Waals surface area contributed by atoms with Crippen molar-refractivity contribution in [2.24, 2.45) is 5.73 Å². The van der Waals surface area contributed by atoms with Crippen molar-refractivity contribution in [1.29, 1.82) is 0 Å². The van der Waals surface area contributed by atoms with Crippen LogP contribution in [0.1, 0.15) is 34.5 Å². The van der Waals surface area contributed by atoms with Gasteiger partial charge in [0.2, 0.25) is 0 Å². The Labute approximate surface area is 186 Å². The molecule has 0 saturated carbocycles. The third-order valence-corrected chi connectivity index (χ3v) is 7.06. The molecular weight excluding hydrogens is 404 g/mol. The Balaban J connectivity index is 1.22. The monoisotopic (exact) mass is 430 g/mol. The highest BCUT2D eigenvalue weighted by Crippen LogP contribution is 2.44. The van der Waals surface area contributed by atoms with Gasteiger partial charge < -0.3 is 24.3 Å². The molecule has 1 spiro atoms. The number of hydrogen-bond acceptors (Lipinski definition) is 5. The number of fused-ring (bicyclic) bond motifs is 4. The van der Waals surface area contributed by atoms with E-state index in [1.165, 1.54) is 5.69 Å². The number of hydrogen-bond donors (Lipinski definition) is 2. The van der Waals surface area contributed by atoms with Crippen LogP contribution in [0.25, 0.3) is 5.69 Å². The number of nitrogens with zero attached hydrogens (tertiary/aromatic N) is 2. The Bertz CT molecular complexity index is 1190. The molecule has 0 bridgehead atoms. The number of carbonyl (C=O) groups excluding carboxylic acids is 1. The van der Waals surface area contributed by atoms with Crippen LogP contribution in [0.3, 0.4) is 0 Å². The molecule has 164 valence electrons. The van der Waals surface area contributed by atoms with E-state index in [9.17, 15) is 4.79 Å². The Kier molecular flexibility index (Phi) is 4.15. The van der Waals surface area contributed by atoms with Gasteiger partial charge in [0, 0.05) is 42.2 Å². The smallest absolute Gasteiger partial charge is 0.253 e. The molecule has 7 heteroatoms. The van der Waals surface area contributed by atoms with E-state index < -0.39 is 5.72 Å². The summed E-state index contributed by atoms with van der Waals surface area (Å²) in [5, 5.41) is 3.79. The molecule has 1 unspecified atom stereocenters. The van der Waals surface area contributed by atoms with E-state index in [1.807, 2.05) is 41.3 Å². The van der Waals surface area contributed by atoms with Crippen molar-refractivity contribution < 1.29 is 14.3 Å². The van der Waals surface area contributed by atoms with Crippen LogP contribution >= 0.6 is 0 Å². The summed E-state index contributed by atoms with van der Waals surface area (Å²) in [6.45, 7) is 1.89. The van der Waals surface area contributed by atoms with Crippen molar-refractivity contribution in [3.05, 3.63) is 77.6 Å². The molecule has 3 N–H and O–H groups in total. The molecule has 4 heterocycles. The Morgan fingerprint density at radius 3 is 2.56 bits per heavy atom. The molecule has 2 saturated heterocycles. The van der Waals surface area contributed by atoms with Crippen LogP contribution in [0.5, 0.6) is 5.75 Å². The third kappa shape index (κ3) is 2.92. The average molecular weight is 431 g/mol. The number of nitrogens with two attached hydrogens (primary N) is 1. The van der Waals surface area contributed by atoms with Crippen LogP contribution in [-0.4, -0.2) is 42.2 Å². The summed E-state index contributed by atoms with van der Waals surface area (Å²) in [6, 6.07) is 17.9. The first-order chi connectivity index (χ1) is 15.5. The normalized spacial score (nSPS) is 22.6. The molecule has 1 aromatic heterocycles. The maximum Gasteiger partial charge on any atom is 0.253 e. The second-order valence-corrected chi connectivity index (χ2v) is 8.90. The van der Waals surface area contributed by atoms with Crippen molar-refractivity contribution >= 4 is 11.6 Å². The highest BCUT2D eigenvalue weighted by molar-refractivity contribution is 5.94. The lowest BCUT2D eigenvalue weighted by Crippen LogP contribution is -2.51. The zero-order valence-electron chi connectivity index (χ0n) is 18.0. The molecule has 2 aromatic carbocycles. The molecule has 3 aromatic rings. The van der Waals surface area contributed by atoms with Crippen LogP contribution in [-0.2, 0) is 16.0 Å². The minimum absolute atomic E-state index is 0.0578. The van der Waals surface area contributed by atoms with E-state index in [2.05, 4.69) is 34.3 Å². The number of nitrogens with one attached hydrogen (secondary N) is 1. The summed E-state index contributed by atoms with van der Waals surface area (Å²) < 4.78 is 13.0. The number of aromatic nitrogens is 1. The van der Waals surface area contributed by atoms with Crippen LogP contribution in [0.15, 0.2) is 60.8 Å². The SMILES string of the molecule is COc1ccc2c(c1)NC1(CCN(C(=O)c3ccc(C4(N)CO4)cc3)CC1)c1cccn1-2. The number of carbonyl (C=O) groups is 1. The van der Waals surface area contributed by atoms with E-state index in [0.29, 0.717) is 25.3 Å². The molecule has 2 fully saturated rings. The van der Waals surface area contributed by atoms with Crippen molar-refractivity contribution in [2.45, 2.75) is 24.1 Å². The van der Waals surface area contributed by atoms with Gasteiger partial charge in [-0.1, -0.05) is 12.1 Å². The van der Waals surface area contributed by atoms with Crippen LogP contribution in [0.2, 0.25) is 0 Å². The second kappa shape index (κ2) is 6.85. The zero-order chi connectivity index (χ0) is 21.9. The fourth-order valence-corrected chi connectivity index (χ4v) is 5.05. The number of rotatable bonds is 3. The summed E-state index contributed by atoms with van der Waals surface area (Å²) in [5.74, 6) is 0.886. The lowest BCUT2D eigenvalue weighted by atomic mass is 9.82. The summed E-state index contributed by atoms with van der Waals surface area (Å²) >= 11 is 0. The molecule has 1 atom stereocenters. The summed E-state index contributed by atoms with van der Waals surface area (Å²) in [7, 11) is 1.68. The Morgan fingerprint density at radius 1 is 1.12 bits per heavy atom. The Morgan fingerprint density at radius 2 is 1.88 bits per heavy atom. The molecular formula is C25H26N4O3. The second-order valence-electron chi connectivity index (χ2n) is 8.90. The van der Waals surface area contributed by atoms with E-state index in [-0.39, 0.29) is 11.4 Å². The molecule has 0 radical (unpaired) electrons. The maximum atomic E-state index is 13.1. The van der Waals surface area contributed by atoms with Gasteiger partial charge in [0.1, 0.15) is 5.75 Å². The number of epoxide rings is 1. The van der Waals surface area contributed by atoms with Crippen LogP contribution in [0.4, 0.5) is 5.69 Å². The first kappa shape index (κ1) is 19.4. The lowest BCUT2D eigenvalue weighted by molar-refractivity contribution is 0.0676. The van der Waals surface area contributed by atoms with Gasteiger partial charge in [-0.05, 0) is 49.2 Å². The third-order valence-electron chi connectivity index (χ3n) is 7.06. The number of likely N-dealkylation sites (tertiary alicyclic amines) is 1. The zero-order valence-corrected chi connectivity index (χ0v) is 18.0. The quantitative estimate of drug-likeness (QED) is 0.624. The maximum absolute atomic E-state index is 13.1. The number of ether oxygens (including phenoxy) is 2. The van der Waals surface area contributed by atoms with Crippen molar-refractivity contribution in [3.63, 3.8) is 0 Å². The van der Waals surface area contributed by atoms with Crippen molar-refractivity contribution in [1.82, 2.24) is 9.47 Å². The van der Waals surface area contributed by atoms with E-state index in [4.69, 9.17) is 15.2 Å². The van der Waals surface area contributed by atoms with Crippen molar-refractivity contribution in [3.8, 4) is 11.4 Å². The molecule has 1 amide bonds. The van der Waals surface area contributed by atoms with Gasteiger partial charge in [0.05, 0.1) is 30.6 Å². The molecule has 3 aliphatic heterocycles. The number of methoxy groups -OCH3 is 1.